The average Bonchev–Trinajstić information content (AvgIpc) is 2.81. The van der Waals surface area contributed by atoms with Crippen molar-refractivity contribution in [2.75, 3.05) is 6.26 Å². The molecule has 5 nitrogen and oxygen atoms in total. The summed E-state index contributed by atoms with van der Waals surface area (Å²) < 4.78 is 24.9. The van der Waals surface area contributed by atoms with Crippen molar-refractivity contribution in [2.45, 2.75) is 30.7 Å². The number of rotatable bonds is 4. The van der Waals surface area contributed by atoms with Crippen LogP contribution in [0.2, 0.25) is 0 Å². The third-order valence-electron chi connectivity index (χ3n) is 2.94. The van der Waals surface area contributed by atoms with Crippen LogP contribution in [0.15, 0.2) is 29.2 Å². The quantitative estimate of drug-likeness (QED) is 0.814. The van der Waals surface area contributed by atoms with Crippen molar-refractivity contribution in [3.05, 3.63) is 30.1 Å². The van der Waals surface area contributed by atoms with Crippen molar-refractivity contribution in [1.82, 2.24) is 14.8 Å². The molecule has 0 aliphatic carbocycles. The van der Waals surface area contributed by atoms with Crippen LogP contribution in [-0.4, -0.2) is 29.4 Å². The van der Waals surface area contributed by atoms with Crippen molar-refractivity contribution in [2.24, 2.45) is 0 Å². The highest BCUT2D eigenvalue weighted by molar-refractivity contribution is 7.90. The van der Waals surface area contributed by atoms with E-state index >= 15 is 0 Å². The summed E-state index contributed by atoms with van der Waals surface area (Å²) in [6.07, 6.45) is 1.18. The first kappa shape index (κ1) is 15.0. The summed E-state index contributed by atoms with van der Waals surface area (Å²) in [5, 5.41) is 8.22. The van der Waals surface area contributed by atoms with Gasteiger partial charge >= 0.3 is 0 Å². The number of sulfone groups is 1. The van der Waals surface area contributed by atoms with E-state index in [0.29, 0.717) is 11.6 Å². The van der Waals surface area contributed by atoms with Gasteiger partial charge in [0.2, 0.25) is 0 Å². The summed E-state index contributed by atoms with van der Waals surface area (Å²) in [5.41, 5.74) is 0.815. The normalized spacial score (nSPS) is 12.1. The minimum absolute atomic E-state index is 0.170. The van der Waals surface area contributed by atoms with Crippen LogP contribution in [0.3, 0.4) is 0 Å². The fraction of sp³-hybridized carbons (Fsp3) is 0.385. The van der Waals surface area contributed by atoms with E-state index in [2.05, 4.69) is 10.2 Å². The minimum atomic E-state index is -3.19. The van der Waals surface area contributed by atoms with Crippen molar-refractivity contribution in [1.29, 1.82) is 0 Å². The van der Waals surface area contributed by atoms with Gasteiger partial charge in [0.1, 0.15) is 5.82 Å². The van der Waals surface area contributed by atoms with Crippen molar-refractivity contribution in [3.63, 3.8) is 0 Å². The average molecular weight is 314 g/mol. The standard InChI is InChI=1S/C13H16ClN3O2S/c1-9(2)17-12(8-14)15-16-13(17)10-4-6-11(7-5-10)20(3,18)19/h4-7,9H,8H2,1-3H3. The van der Waals surface area contributed by atoms with Crippen LogP contribution in [0.5, 0.6) is 0 Å². The van der Waals surface area contributed by atoms with E-state index in [4.69, 9.17) is 11.6 Å². The largest absolute Gasteiger partial charge is 0.307 e. The molecule has 1 aromatic heterocycles. The van der Waals surface area contributed by atoms with Crippen LogP contribution in [0.4, 0.5) is 0 Å². The maximum atomic E-state index is 11.5. The third kappa shape index (κ3) is 2.86. The number of aromatic nitrogens is 3. The molecule has 0 atom stereocenters. The molecule has 0 saturated heterocycles. The molecular formula is C13H16ClN3O2S. The monoisotopic (exact) mass is 313 g/mol. The fourth-order valence-electron chi connectivity index (χ4n) is 2.01. The first-order valence-electron chi connectivity index (χ1n) is 6.15. The predicted octanol–water partition coefficient (Wildman–Crippen LogP) is 2.67. The zero-order valence-corrected chi connectivity index (χ0v) is 13.1. The lowest BCUT2D eigenvalue weighted by Gasteiger charge is -2.13. The Hall–Kier alpha value is -1.40. The number of benzene rings is 1. The zero-order chi connectivity index (χ0) is 14.9. The number of halogens is 1. The maximum absolute atomic E-state index is 11.5. The number of nitrogens with zero attached hydrogens (tertiary/aromatic N) is 3. The maximum Gasteiger partial charge on any atom is 0.175 e. The van der Waals surface area contributed by atoms with Gasteiger partial charge in [-0.05, 0) is 38.1 Å². The Morgan fingerprint density at radius 2 is 1.80 bits per heavy atom. The van der Waals surface area contributed by atoms with E-state index in [1.54, 1.807) is 24.3 Å². The molecular weight excluding hydrogens is 298 g/mol. The fourth-order valence-corrected chi connectivity index (χ4v) is 2.82. The highest BCUT2D eigenvalue weighted by atomic mass is 35.5. The lowest BCUT2D eigenvalue weighted by molar-refractivity contribution is 0.584. The molecule has 2 aromatic rings. The van der Waals surface area contributed by atoms with Gasteiger partial charge in [0.25, 0.3) is 0 Å². The van der Waals surface area contributed by atoms with Gasteiger partial charge in [-0.3, -0.25) is 0 Å². The molecule has 0 radical (unpaired) electrons. The van der Waals surface area contributed by atoms with Gasteiger partial charge in [0, 0.05) is 17.9 Å². The molecule has 0 N–H and O–H groups in total. The molecule has 0 amide bonds. The van der Waals surface area contributed by atoms with Crippen LogP contribution in [0.1, 0.15) is 25.7 Å². The van der Waals surface area contributed by atoms with Crippen molar-refractivity contribution >= 4 is 21.4 Å². The van der Waals surface area contributed by atoms with Crippen LogP contribution < -0.4 is 0 Å². The molecule has 0 fully saturated rings. The van der Waals surface area contributed by atoms with Crippen LogP contribution >= 0.6 is 11.6 Å². The van der Waals surface area contributed by atoms with Crippen LogP contribution in [-0.2, 0) is 15.7 Å². The van der Waals surface area contributed by atoms with Crippen molar-refractivity contribution in [3.8, 4) is 11.4 Å². The van der Waals surface area contributed by atoms with E-state index in [-0.39, 0.29) is 16.8 Å². The van der Waals surface area contributed by atoms with E-state index in [9.17, 15) is 8.42 Å². The smallest absolute Gasteiger partial charge is 0.175 e. The Morgan fingerprint density at radius 1 is 1.20 bits per heavy atom. The molecule has 1 heterocycles. The summed E-state index contributed by atoms with van der Waals surface area (Å²) in [4.78, 5) is 0.287. The molecule has 20 heavy (non-hydrogen) atoms. The van der Waals surface area contributed by atoms with Crippen LogP contribution in [0.25, 0.3) is 11.4 Å². The Bertz CT molecular complexity index is 706. The van der Waals surface area contributed by atoms with E-state index in [1.165, 1.54) is 6.26 Å². The second-order valence-corrected chi connectivity index (χ2v) is 7.12. The number of alkyl halides is 1. The number of hydrogen-bond acceptors (Lipinski definition) is 4. The van der Waals surface area contributed by atoms with Crippen LogP contribution in [0, 0.1) is 0 Å². The summed E-state index contributed by atoms with van der Waals surface area (Å²) >= 11 is 5.86. The van der Waals surface area contributed by atoms with E-state index in [1.807, 2.05) is 18.4 Å². The van der Waals surface area contributed by atoms with Gasteiger partial charge in [-0.2, -0.15) is 0 Å². The summed E-state index contributed by atoms with van der Waals surface area (Å²) in [7, 11) is -3.19. The Labute approximate surface area is 123 Å². The Morgan fingerprint density at radius 3 is 2.25 bits per heavy atom. The van der Waals surface area contributed by atoms with E-state index < -0.39 is 9.84 Å². The molecule has 0 bridgehead atoms. The van der Waals surface area contributed by atoms with Crippen molar-refractivity contribution < 1.29 is 8.42 Å². The van der Waals surface area contributed by atoms with Gasteiger partial charge in [-0.1, -0.05) is 0 Å². The highest BCUT2D eigenvalue weighted by Crippen LogP contribution is 2.24. The first-order valence-corrected chi connectivity index (χ1v) is 8.57. The third-order valence-corrected chi connectivity index (χ3v) is 4.31. The Balaban J connectivity index is 2.50. The molecule has 2 rings (SSSR count). The molecule has 108 valence electrons. The first-order chi connectivity index (χ1) is 9.34. The van der Waals surface area contributed by atoms with Gasteiger partial charge in [-0.15, -0.1) is 21.8 Å². The molecule has 0 spiro atoms. The summed E-state index contributed by atoms with van der Waals surface area (Å²) in [6, 6.07) is 6.78. The van der Waals surface area contributed by atoms with E-state index in [0.717, 1.165) is 5.56 Å². The molecule has 0 aliphatic rings. The Kier molecular flexibility index (Phi) is 4.15. The topological polar surface area (TPSA) is 64.8 Å². The number of hydrogen-bond donors (Lipinski definition) is 0. The SMILES string of the molecule is CC(C)n1c(CCl)nnc1-c1ccc(S(C)(=O)=O)cc1. The van der Waals surface area contributed by atoms with Gasteiger partial charge in [-0.25, -0.2) is 8.42 Å². The van der Waals surface area contributed by atoms with Gasteiger partial charge in [0.15, 0.2) is 15.7 Å². The molecule has 0 unspecified atom stereocenters. The highest BCUT2D eigenvalue weighted by Gasteiger charge is 2.16. The zero-order valence-electron chi connectivity index (χ0n) is 11.5. The molecule has 1 aromatic carbocycles. The second-order valence-electron chi connectivity index (χ2n) is 4.83. The molecule has 0 saturated carbocycles. The lowest BCUT2D eigenvalue weighted by Crippen LogP contribution is -2.07. The summed E-state index contributed by atoms with van der Waals surface area (Å²) in [5.74, 6) is 1.67. The summed E-state index contributed by atoms with van der Waals surface area (Å²) in [6.45, 7) is 4.04. The molecule has 7 heteroatoms. The lowest BCUT2D eigenvalue weighted by atomic mass is 10.2. The second kappa shape index (κ2) is 5.54. The predicted molar refractivity (Wildman–Crippen MR) is 78.5 cm³/mol. The van der Waals surface area contributed by atoms with Gasteiger partial charge < -0.3 is 4.57 Å². The van der Waals surface area contributed by atoms with Gasteiger partial charge in [0.05, 0.1) is 10.8 Å². The molecule has 0 aliphatic heterocycles. The minimum Gasteiger partial charge on any atom is -0.307 e.